The molecule has 1 fully saturated rings. The number of hydrogen-bond donors (Lipinski definition) is 0. The van der Waals surface area contributed by atoms with Crippen LogP contribution in [0, 0.1) is 0 Å². The van der Waals surface area contributed by atoms with Crippen molar-refractivity contribution in [1.82, 2.24) is 0 Å². The summed E-state index contributed by atoms with van der Waals surface area (Å²) in [5.41, 5.74) is 0.931. The summed E-state index contributed by atoms with van der Waals surface area (Å²) in [6, 6.07) is 12.8. The number of alkyl halides is 3. The maximum Gasteiger partial charge on any atom is 0.389 e. The van der Waals surface area contributed by atoms with Gasteiger partial charge in [0.2, 0.25) is 0 Å². The predicted octanol–water partition coefficient (Wildman–Crippen LogP) is 4.97. The average Bonchev–Trinajstić information content (AvgIpc) is 3.60. The zero-order chi connectivity index (χ0) is 23.7. The second kappa shape index (κ2) is 11.5. The second-order valence-corrected chi connectivity index (χ2v) is 7.33. The molecule has 0 amide bonds. The second-order valence-electron chi connectivity index (χ2n) is 7.33. The van der Waals surface area contributed by atoms with Crippen molar-refractivity contribution in [2.45, 2.75) is 31.5 Å². The van der Waals surface area contributed by atoms with Crippen molar-refractivity contribution >= 4 is 18.0 Å². The molecule has 1 saturated heterocycles. The molecule has 176 valence electrons. The van der Waals surface area contributed by atoms with E-state index in [2.05, 4.69) is 0 Å². The van der Waals surface area contributed by atoms with Gasteiger partial charge in [-0.3, -0.25) is 0 Å². The number of rotatable bonds is 11. The van der Waals surface area contributed by atoms with Gasteiger partial charge >= 0.3 is 18.1 Å². The zero-order valence-electron chi connectivity index (χ0n) is 17.7. The van der Waals surface area contributed by atoms with Crippen molar-refractivity contribution in [2.75, 3.05) is 19.8 Å². The van der Waals surface area contributed by atoms with E-state index in [0.29, 0.717) is 23.7 Å². The fraction of sp³-hybridized carbons (Fsp3) is 0.333. The van der Waals surface area contributed by atoms with Gasteiger partial charge < -0.3 is 18.9 Å². The molecule has 0 N–H and O–H groups in total. The molecule has 2 aromatic carbocycles. The Morgan fingerprint density at radius 3 is 2.52 bits per heavy atom. The van der Waals surface area contributed by atoms with Gasteiger partial charge in [-0.2, -0.15) is 13.2 Å². The molecule has 0 aromatic heterocycles. The molecule has 3 rings (SSSR count). The average molecular weight is 464 g/mol. The summed E-state index contributed by atoms with van der Waals surface area (Å²) in [4.78, 5) is 24.0. The quantitative estimate of drug-likeness (QED) is 0.154. The summed E-state index contributed by atoms with van der Waals surface area (Å²) in [7, 11) is 0. The van der Waals surface area contributed by atoms with Crippen molar-refractivity contribution in [2.24, 2.45) is 0 Å². The first-order chi connectivity index (χ1) is 15.8. The van der Waals surface area contributed by atoms with Crippen molar-refractivity contribution in [3.63, 3.8) is 0 Å². The monoisotopic (exact) mass is 464 g/mol. The van der Waals surface area contributed by atoms with Crippen molar-refractivity contribution < 1.29 is 41.7 Å². The molecule has 33 heavy (non-hydrogen) atoms. The van der Waals surface area contributed by atoms with Gasteiger partial charge in [-0.15, -0.1) is 0 Å². The number of benzene rings is 2. The minimum absolute atomic E-state index is 0.00122. The number of carbonyl (C=O) groups is 2. The normalized spacial score (nSPS) is 15.3. The fourth-order valence-corrected chi connectivity index (χ4v) is 2.70. The van der Waals surface area contributed by atoms with Gasteiger partial charge in [0.15, 0.2) is 0 Å². The summed E-state index contributed by atoms with van der Waals surface area (Å²) < 4.78 is 57.1. The van der Waals surface area contributed by atoms with Crippen molar-refractivity contribution in [3.05, 3.63) is 65.7 Å². The molecule has 1 aliphatic rings. The van der Waals surface area contributed by atoms with Crippen LogP contribution < -0.4 is 9.47 Å². The summed E-state index contributed by atoms with van der Waals surface area (Å²) in [5, 5.41) is 0. The molecule has 0 aliphatic carbocycles. The lowest BCUT2D eigenvalue weighted by Crippen LogP contribution is -2.09. The number of esters is 2. The van der Waals surface area contributed by atoms with Gasteiger partial charge in [-0.1, -0.05) is 12.1 Å². The highest BCUT2D eigenvalue weighted by Gasteiger charge is 2.26. The van der Waals surface area contributed by atoms with Gasteiger partial charge in [0.25, 0.3) is 0 Å². The van der Waals surface area contributed by atoms with E-state index < -0.39 is 24.5 Å². The predicted molar refractivity (Wildman–Crippen MR) is 113 cm³/mol. The molecule has 0 radical (unpaired) electrons. The van der Waals surface area contributed by atoms with Gasteiger partial charge in [0, 0.05) is 12.5 Å². The Bertz CT molecular complexity index is 965. The van der Waals surface area contributed by atoms with Gasteiger partial charge in [-0.05, 0) is 60.9 Å². The van der Waals surface area contributed by atoms with Gasteiger partial charge in [0.05, 0.1) is 18.8 Å². The lowest BCUT2D eigenvalue weighted by atomic mass is 10.2. The van der Waals surface area contributed by atoms with Crippen LogP contribution in [0.2, 0.25) is 0 Å². The molecular formula is C24H23F3O6. The Labute approximate surface area is 188 Å². The smallest absolute Gasteiger partial charge is 0.389 e. The third-order valence-corrected chi connectivity index (χ3v) is 4.51. The van der Waals surface area contributed by atoms with E-state index in [0.717, 1.165) is 0 Å². The van der Waals surface area contributed by atoms with E-state index in [1.54, 1.807) is 42.5 Å². The highest BCUT2D eigenvalue weighted by Crippen LogP contribution is 2.22. The Kier molecular flexibility index (Phi) is 8.48. The molecule has 6 nitrogen and oxygen atoms in total. The van der Waals surface area contributed by atoms with Crippen molar-refractivity contribution in [1.29, 1.82) is 0 Å². The Hall–Kier alpha value is -3.33. The van der Waals surface area contributed by atoms with E-state index >= 15 is 0 Å². The standard InChI is InChI=1S/C24H23F3O6/c25-24(26,27)12-1-2-13-30-19-9-7-18(8-10-19)23(29)33-20-5-3-4-17(14-20)6-11-22(28)32-16-21-15-31-21/h3-11,14,21H,1-2,12-13,15-16H2/b11-6+. The van der Waals surface area contributed by atoms with E-state index in [-0.39, 0.29) is 37.7 Å². The third kappa shape index (κ3) is 9.36. The summed E-state index contributed by atoms with van der Waals surface area (Å²) in [5.74, 6) is -0.329. The Balaban J connectivity index is 1.45. The molecular weight excluding hydrogens is 441 g/mol. The van der Waals surface area contributed by atoms with Crippen LogP contribution in [0.5, 0.6) is 11.5 Å². The number of carbonyl (C=O) groups excluding carboxylic acids is 2. The first kappa shape index (κ1) is 24.3. The van der Waals surface area contributed by atoms with E-state index in [1.165, 1.54) is 18.2 Å². The molecule has 1 heterocycles. The number of unbranched alkanes of at least 4 members (excludes halogenated alkanes) is 1. The third-order valence-electron chi connectivity index (χ3n) is 4.51. The number of epoxide rings is 1. The molecule has 1 aliphatic heterocycles. The molecule has 0 spiro atoms. The van der Waals surface area contributed by atoms with E-state index in [4.69, 9.17) is 18.9 Å². The summed E-state index contributed by atoms with van der Waals surface area (Å²) >= 11 is 0. The van der Waals surface area contributed by atoms with Crippen LogP contribution in [0.1, 0.15) is 35.2 Å². The lowest BCUT2D eigenvalue weighted by molar-refractivity contribution is -0.138. The lowest BCUT2D eigenvalue weighted by Gasteiger charge is -2.09. The number of ether oxygens (including phenoxy) is 4. The first-order valence-corrected chi connectivity index (χ1v) is 10.4. The summed E-state index contributed by atoms with van der Waals surface area (Å²) in [6.07, 6.45) is -1.89. The van der Waals surface area contributed by atoms with Crippen LogP contribution >= 0.6 is 0 Å². The highest BCUT2D eigenvalue weighted by atomic mass is 19.4. The first-order valence-electron chi connectivity index (χ1n) is 10.4. The molecule has 0 bridgehead atoms. The minimum atomic E-state index is -4.16. The maximum absolute atomic E-state index is 12.4. The van der Waals surface area contributed by atoms with Crippen molar-refractivity contribution in [3.8, 4) is 11.5 Å². The molecule has 1 unspecified atom stereocenters. The highest BCUT2D eigenvalue weighted by molar-refractivity contribution is 5.91. The van der Waals surface area contributed by atoms with Crippen LogP contribution in [-0.4, -0.2) is 44.0 Å². The summed E-state index contributed by atoms with van der Waals surface area (Å²) in [6.45, 7) is 0.982. The maximum atomic E-state index is 12.4. The van der Waals surface area contributed by atoms with Crippen LogP contribution in [0.3, 0.4) is 0 Å². The molecule has 2 aromatic rings. The van der Waals surface area contributed by atoms with E-state index in [1.807, 2.05) is 0 Å². The topological polar surface area (TPSA) is 74.4 Å². The molecule has 9 heteroatoms. The van der Waals surface area contributed by atoms with E-state index in [9.17, 15) is 22.8 Å². The van der Waals surface area contributed by atoms with Gasteiger partial charge in [-0.25, -0.2) is 9.59 Å². The van der Waals surface area contributed by atoms with Gasteiger partial charge in [0.1, 0.15) is 24.2 Å². The molecule has 1 atom stereocenters. The van der Waals surface area contributed by atoms with Crippen LogP contribution in [0.25, 0.3) is 6.08 Å². The Morgan fingerprint density at radius 2 is 1.82 bits per heavy atom. The number of halogens is 3. The van der Waals surface area contributed by atoms with Crippen LogP contribution in [0.15, 0.2) is 54.6 Å². The van der Waals surface area contributed by atoms with Crippen LogP contribution in [-0.2, 0) is 14.3 Å². The largest absolute Gasteiger partial charge is 0.494 e. The SMILES string of the molecule is O=C(/C=C/c1cccc(OC(=O)c2ccc(OCCCCC(F)(F)F)cc2)c1)OCC1CO1. The Morgan fingerprint density at radius 1 is 1.06 bits per heavy atom. The fourth-order valence-electron chi connectivity index (χ4n) is 2.70. The van der Waals surface area contributed by atoms with Crippen LogP contribution in [0.4, 0.5) is 13.2 Å². The zero-order valence-corrected chi connectivity index (χ0v) is 17.7. The molecule has 0 saturated carbocycles. The minimum Gasteiger partial charge on any atom is -0.494 e. The number of hydrogen-bond acceptors (Lipinski definition) is 6.